The van der Waals surface area contributed by atoms with Crippen LogP contribution in [0.4, 0.5) is 0 Å². The van der Waals surface area contributed by atoms with E-state index in [-0.39, 0.29) is 50.6 Å². The molecular weight excluding hydrogens is 872 g/mol. The third-order valence-corrected chi connectivity index (χ3v) is 11.3. The first kappa shape index (κ1) is 61.0. The number of rotatable bonds is 10. The third-order valence-electron chi connectivity index (χ3n) is 11.3. The van der Waals surface area contributed by atoms with Crippen molar-refractivity contribution in [1.29, 1.82) is 0 Å². The molecule has 5 fully saturated rings. The molecule has 0 unspecified atom stereocenters. The van der Waals surface area contributed by atoms with Gasteiger partial charge >= 0.3 is 0 Å². The molecule has 0 bridgehead atoms. The van der Waals surface area contributed by atoms with Gasteiger partial charge in [0.05, 0.1) is 57.5 Å². The van der Waals surface area contributed by atoms with Gasteiger partial charge in [0.15, 0.2) is 31.5 Å². The van der Waals surface area contributed by atoms with Crippen molar-refractivity contribution >= 4 is 0 Å². The molecule has 384 valence electrons. The van der Waals surface area contributed by atoms with Crippen molar-refractivity contribution in [3.8, 4) is 0 Å². The van der Waals surface area contributed by atoms with Gasteiger partial charge < -0.3 is 129 Å². The van der Waals surface area contributed by atoms with Gasteiger partial charge in [0.1, 0.15) is 73.2 Å². The van der Waals surface area contributed by atoms with E-state index in [1.54, 1.807) is 20.8 Å². The molecule has 0 aliphatic carbocycles. The topological polar surface area (TPSA) is 416 Å². The van der Waals surface area contributed by atoms with Crippen LogP contribution in [-0.4, -0.2) is 279 Å². The largest absolute Gasteiger partial charge is 0.394 e. The molecule has 0 aromatic rings. The van der Waals surface area contributed by atoms with Gasteiger partial charge in [0, 0.05) is 59.7 Å². The maximum Gasteiger partial charge on any atom is 0.186 e. The minimum atomic E-state index is -1.36. The smallest absolute Gasteiger partial charge is 0.186 e. The summed E-state index contributed by atoms with van der Waals surface area (Å²) in [7, 11) is 7.12. The molecular formula is C38H76O26. The molecule has 24 atom stereocenters. The summed E-state index contributed by atoms with van der Waals surface area (Å²) in [5.74, 6) is -0.909. The molecule has 5 heterocycles. The Kier molecular flexibility index (Phi) is 29.0. The lowest BCUT2D eigenvalue weighted by Gasteiger charge is -2.40. The first-order chi connectivity index (χ1) is 30.1. The maximum atomic E-state index is 9.53. The van der Waals surface area contributed by atoms with Crippen LogP contribution in [0.5, 0.6) is 0 Å². The van der Waals surface area contributed by atoms with Crippen molar-refractivity contribution in [2.75, 3.05) is 68.6 Å². The summed E-state index contributed by atoms with van der Waals surface area (Å²) >= 11 is 0. The Labute approximate surface area is 371 Å². The summed E-state index contributed by atoms with van der Waals surface area (Å²) < 4.78 is 50.0. The molecule has 5 rings (SSSR count). The molecule has 5 saturated heterocycles. The molecule has 0 spiro atoms. The molecule has 26 nitrogen and oxygen atoms in total. The molecule has 0 radical (unpaired) electrons. The fourth-order valence-electron chi connectivity index (χ4n) is 6.95. The van der Waals surface area contributed by atoms with Gasteiger partial charge in [0.25, 0.3) is 0 Å². The fraction of sp³-hybridized carbons (Fsp3) is 1.00. The zero-order valence-corrected chi connectivity index (χ0v) is 37.3. The Morgan fingerprint density at radius 3 is 0.859 bits per heavy atom. The Hall–Kier alpha value is -1.04. The van der Waals surface area contributed by atoms with Gasteiger partial charge in [-0.15, -0.1) is 0 Å². The van der Waals surface area contributed by atoms with E-state index in [4.69, 9.17) is 72.9 Å². The lowest BCUT2D eigenvalue weighted by atomic mass is 9.93. The molecule has 5 aliphatic rings. The van der Waals surface area contributed by atoms with Crippen LogP contribution in [0.2, 0.25) is 0 Å². The fourth-order valence-corrected chi connectivity index (χ4v) is 6.95. The highest BCUT2D eigenvalue weighted by Crippen LogP contribution is 2.28. The Bertz CT molecular complexity index is 975. The predicted octanol–water partition coefficient (Wildman–Crippen LogP) is -7.98. The van der Waals surface area contributed by atoms with E-state index >= 15 is 0 Å². The van der Waals surface area contributed by atoms with Crippen LogP contribution in [0.3, 0.4) is 0 Å². The van der Waals surface area contributed by atoms with Crippen LogP contribution in [0.25, 0.3) is 0 Å². The summed E-state index contributed by atoms with van der Waals surface area (Å²) in [4.78, 5) is 0. The molecule has 16 N–H and O–H groups in total. The number of methoxy groups -OCH3 is 5. The second kappa shape index (κ2) is 30.4. The second-order valence-corrected chi connectivity index (χ2v) is 15.7. The van der Waals surface area contributed by atoms with E-state index in [0.29, 0.717) is 0 Å². The average Bonchev–Trinajstić information content (AvgIpc) is 3.30. The summed E-state index contributed by atoms with van der Waals surface area (Å²) in [6, 6.07) is 0. The van der Waals surface area contributed by atoms with Gasteiger partial charge in [-0.25, -0.2) is 0 Å². The van der Waals surface area contributed by atoms with Crippen LogP contribution in [-0.2, 0) is 47.4 Å². The van der Waals surface area contributed by atoms with Gasteiger partial charge in [0.2, 0.25) is 0 Å². The highest BCUT2D eigenvalue weighted by molar-refractivity contribution is 4.90. The number of ether oxygens (including phenoxy) is 10. The Balaban J connectivity index is 0.000000400. The van der Waals surface area contributed by atoms with Crippen molar-refractivity contribution in [2.45, 2.75) is 156 Å². The highest BCUT2D eigenvalue weighted by atomic mass is 16.7. The summed E-state index contributed by atoms with van der Waals surface area (Å²) in [6.45, 7) is 3.41. The quantitative estimate of drug-likeness (QED) is 0.0967. The monoisotopic (exact) mass is 948 g/mol. The molecule has 5 aliphatic heterocycles. The summed E-state index contributed by atoms with van der Waals surface area (Å²) in [6.07, 6.45) is -18.8. The Morgan fingerprint density at radius 2 is 0.594 bits per heavy atom. The van der Waals surface area contributed by atoms with Crippen molar-refractivity contribution in [3.05, 3.63) is 0 Å². The standard InChI is InChI=1S/3C8H16O5.C7H14O6.C7H14O5/c3*1-4-6(10)7(11)5(3-9)13-8(4)12-2;1-12-7-6(11)5(10)4(9)3(2-8)13-7;1-11-6-2-4(9)7(10)5(3-8)12-6/h3*4-11H,3H2,1-2H3;3-11H,2H2,1H3;4-10H,2-3H2,1H3/t4-,5+,6+,7+,8+;4-,5-,6-,7-,8+;4-,5-,6-,7-,8-;3-,4-,5+,6+,7+;4-,5-,6-,7+/m01111/s1. The lowest BCUT2D eigenvalue weighted by molar-refractivity contribution is -0.294. The van der Waals surface area contributed by atoms with Crippen molar-refractivity contribution < 1.29 is 129 Å². The second-order valence-electron chi connectivity index (χ2n) is 15.7. The van der Waals surface area contributed by atoms with E-state index in [9.17, 15) is 56.2 Å². The molecule has 0 saturated carbocycles. The normalized spacial score (nSPS) is 45.8. The molecule has 64 heavy (non-hydrogen) atoms. The third kappa shape index (κ3) is 16.6. The first-order valence-corrected chi connectivity index (χ1v) is 20.6. The van der Waals surface area contributed by atoms with Crippen molar-refractivity contribution in [2.24, 2.45) is 17.8 Å². The first-order valence-electron chi connectivity index (χ1n) is 20.6. The zero-order valence-electron chi connectivity index (χ0n) is 37.3. The van der Waals surface area contributed by atoms with Gasteiger partial charge in [-0.1, -0.05) is 20.8 Å². The van der Waals surface area contributed by atoms with Crippen LogP contribution in [0.1, 0.15) is 27.2 Å². The Morgan fingerprint density at radius 1 is 0.328 bits per heavy atom. The van der Waals surface area contributed by atoms with E-state index in [1.807, 2.05) is 0 Å². The average molecular weight is 949 g/mol. The summed E-state index contributed by atoms with van der Waals surface area (Å²) in [5.41, 5.74) is 0. The predicted molar refractivity (Wildman–Crippen MR) is 212 cm³/mol. The number of hydrogen-bond acceptors (Lipinski definition) is 26. The van der Waals surface area contributed by atoms with Gasteiger partial charge in [-0.2, -0.15) is 0 Å². The lowest BCUT2D eigenvalue weighted by Crippen LogP contribution is -2.58. The minimum Gasteiger partial charge on any atom is -0.394 e. The van der Waals surface area contributed by atoms with Crippen LogP contribution < -0.4 is 0 Å². The maximum absolute atomic E-state index is 9.53. The van der Waals surface area contributed by atoms with Crippen LogP contribution in [0, 0.1) is 17.8 Å². The van der Waals surface area contributed by atoms with E-state index < -0.39 is 136 Å². The van der Waals surface area contributed by atoms with Gasteiger partial charge in [-0.3, -0.25) is 0 Å². The molecule has 0 aromatic carbocycles. The molecule has 26 heteroatoms. The van der Waals surface area contributed by atoms with Gasteiger partial charge in [-0.05, 0) is 0 Å². The number of aliphatic hydroxyl groups excluding tert-OH is 16. The van der Waals surface area contributed by atoms with Crippen LogP contribution in [0.15, 0.2) is 0 Å². The summed E-state index contributed by atoms with van der Waals surface area (Å²) in [5, 5.41) is 147. The van der Waals surface area contributed by atoms with Crippen molar-refractivity contribution in [3.63, 3.8) is 0 Å². The van der Waals surface area contributed by atoms with Crippen molar-refractivity contribution in [1.82, 2.24) is 0 Å². The SMILES string of the molecule is CO[C@@H]1O[C@H](CO)[C@@H](O)[C@H](O)[C@@H]1C.CO[C@@H]1O[C@H](CO)[C@@H](O)[C@H](O)[C@H]1C.CO[C@H]1C[C@@H](O)[C@H](O)[C@@H](CO)O1.CO[C@H]1O[C@H](CO)[C@@H](O)[C@H](O)[C@@H]1O.CO[C@H]1O[C@H](CO)[C@@H](O)[C@H](O)[C@H]1C. The highest BCUT2D eigenvalue weighted by Gasteiger charge is 2.45. The number of hydrogen-bond donors (Lipinski definition) is 16. The van der Waals surface area contributed by atoms with Crippen LogP contribution >= 0.6 is 0 Å². The van der Waals surface area contributed by atoms with E-state index in [1.165, 1.54) is 35.5 Å². The number of aliphatic hydroxyl groups is 16. The zero-order chi connectivity index (χ0) is 49.2. The van der Waals surface area contributed by atoms with E-state index in [2.05, 4.69) is 0 Å². The minimum absolute atomic E-state index is 0.230. The van der Waals surface area contributed by atoms with E-state index in [0.717, 1.165) is 0 Å². The molecule has 0 amide bonds. The molecule has 0 aromatic heterocycles.